The molecule has 0 bridgehead atoms. The number of aryl methyl sites for hydroxylation is 1. The van der Waals surface area contributed by atoms with Crippen LogP contribution < -0.4 is 4.90 Å². The van der Waals surface area contributed by atoms with E-state index in [9.17, 15) is 9.90 Å². The Balaban J connectivity index is 1.87. The Morgan fingerprint density at radius 1 is 0.897 bits per heavy atom. The van der Waals surface area contributed by atoms with Crippen molar-refractivity contribution in [2.75, 3.05) is 4.90 Å². The van der Waals surface area contributed by atoms with Gasteiger partial charge in [0.05, 0.1) is 12.1 Å². The number of hydrogen-bond acceptors (Lipinski definition) is 4. The molecule has 144 valence electrons. The quantitative estimate of drug-likeness (QED) is 0.418. The summed E-state index contributed by atoms with van der Waals surface area (Å²) in [6.45, 7) is 2.03. The van der Waals surface area contributed by atoms with Gasteiger partial charge in [0, 0.05) is 21.8 Å². The van der Waals surface area contributed by atoms with Gasteiger partial charge in [0.2, 0.25) is 0 Å². The van der Waals surface area contributed by atoms with Crippen LogP contribution in [0, 0.1) is 6.92 Å². The monoisotopic (exact) mass is 400 g/mol. The topological polar surface area (TPSA) is 53.4 Å². The predicted molar refractivity (Wildman–Crippen MR) is 118 cm³/mol. The van der Waals surface area contributed by atoms with Gasteiger partial charge in [-0.05, 0) is 31.2 Å². The lowest BCUT2D eigenvalue weighted by molar-refractivity contribution is -0.136. The molecule has 0 fully saturated rings. The third kappa shape index (κ3) is 4.20. The summed E-state index contributed by atoms with van der Waals surface area (Å²) < 4.78 is 0. The maximum Gasteiger partial charge on any atom is 0.308 e. The molecule has 4 nitrogen and oxygen atoms in total. The van der Waals surface area contributed by atoms with Gasteiger partial charge < -0.3 is 5.11 Å². The van der Waals surface area contributed by atoms with Crippen LogP contribution in [-0.4, -0.2) is 16.1 Å². The second kappa shape index (κ2) is 8.29. The van der Waals surface area contributed by atoms with Crippen LogP contribution in [0.3, 0.4) is 0 Å². The van der Waals surface area contributed by atoms with E-state index in [0.29, 0.717) is 0 Å². The number of carboxylic acids is 1. The number of aromatic nitrogens is 1. The number of aliphatic carboxylic acids is 1. The number of carbonyl (C=O) groups is 1. The molecule has 0 aliphatic heterocycles. The molecule has 4 rings (SSSR count). The van der Waals surface area contributed by atoms with Crippen LogP contribution in [0.5, 0.6) is 0 Å². The first-order valence-electron chi connectivity index (χ1n) is 9.30. The van der Waals surface area contributed by atoms with Gasteiger partial charge in [-0.1, -0.05) is 77.6 Å². The van der Waals surface area contributed by atoms with Crippen molar-refractivity contribution < 1.29 is 9.90 Å². The van der Waals surface area contributed by atoms with Crippen LogP contribution in [0.25, 0.3) is 11.3 Å². The molecule has 1 heterocycles. The van der Waals surface area contributed by atoms with Crippen molar-refractivity contribution in [2.24, 2.45) is 0 Å². The Morgan fingerprint density at radius 2 is 1.45 bits per heavy atom. The number of para-hydroxylation sites is 2. The highest BCUT2D eigenvalue weighted by Crippen LogP contribution is 2.40. The maximum absolute atomic E-state index is 11.5. The summed E-state index contributed by atoms with van der Waals surface area (Å²) in [5, 5.41) is 10.2. The van der Waals surface area contributed by atoms with Gasteiger partial charge in [-0.3, -0.25) is 9.69 Å². The minimum atomic E-state index is -0.862. The molecule has 0 saturated heterocycles. The second-order valence-corrected chi connectivity index (χ2v) is 7.77. The number of benzene rings is 3. The second-order valence-electron chi connectivity index (χ2n) is 6.71. The number of thiazole rings is 1. The highest BCUT2D eigenvalue weighted by Gasteiger charge is 2.21. The highest BCUT2D eigenvalue weighted by molar-refractivity contribution is 7.16. The minimum absolute atomic E-state index is 0.0572. The molecule has 29 heavy (non-hydrogen) atoms. The molecule has 0 spiro atoms. The Morgan fingerprint density at radius 3 is 1.97 bits per heavy atom. The summed E-state index contributed by atoms with van der Waals surface area (Å²) in [6, 6.07) is 28.0. The largest absolute Gasteiger partial charge is 0.481 e. The van der Waals surface area contributed by atoms with E-state index in [1.165, 1.54) is 11.3 Å². The molecule has 0 atom stereocenters. The molecule has 4 aromatic rings. The molecule has 1 N–H and O–H groups in total. The van der Waals surface area contributed by atoms with Crippen molar-refractivity contribution in [3.63, 3.8) is 0 Å². The summed E-state index contributed by atoms with van der Waals surface area (Å²) in [4.78, 5) is 19.2. The van der Waals surface area contributed by atoms with E-state index < -0.39 is 5.97 Å². The standard InChI is InChI=1S/C24H20N2O2S/c1-17-12-14-18(15-13-17)23-21(16-22(27)28)29-24(25-23)26(19-8-4-2-5-9-19)20-10-6-3-7-11-20/h2-15H,16H2,1H3,(H,27,28). The lowest BCUT2D eigenvalue weighted by atomic mass is 10.1. The Hall–Kier alpha value is -3.44. The lowest BCUT2D eigenvalue weighted by Crippen LogP contribution is -2.09. The third-order valence-corrected chi connectivity index (χ3v) is 5.58. The van der Waals surface area contributed by atoms with E-state index in [4.69, 9.17) is 4.98 Å². The molecule has 0 aliphatic rings. The van der Waals surface area contributed by atoms with Crippen LogP contribution in [-0.2, 0) is 11.2 Å². The van der Waals surface area contributed by atoms with E-state index in [1.807, 2.05) is 91.9 Å². The van der Waals surface area contributed by atoms with E-state index in [1.54, 1.807) is 0 Å². The molecule has 0 unspecified atom stereocenters. The van der Waals surface area contributed by atoms with Crippen LogP contribution >= 0.6 is 11.3 Å². The summed E-state index contributed by atoms with van der Waals surface area (Å²) >= 11 is 1.42. The molecule has 0 saturated carbocycles. The fraction of sp³-hybridized carbons (Fsp3) is 0.0833. The Bertz CT molecular complexity index is 1070. The summed E-state index contributed by atoms with van der Waals surface area (Å²) in [5.74, 6) is -0.862. The van der Waals surface area contributed by atoms with E-state index in [2.05, 4.69) is 4.90 Å². The molecule has 0 aliphatic carbocycles. The number of nitrogens with zero attached hydrogens (tertiary/aromatic N) is 2. The van der Waals surface area contributed by atoms with Gasteiger partial charge in [-0.25, -0.2) is 4.98 Å². The zero-order chi connectivity index (χ0) is 20.2. The van der Waals surface area contributed by atoms with Crippen molar-refractivity contribution >= 4 is 33.8 Å². The van der Waals surface area contributed by atoms with Gasteiger partial charge in [0.1, 0.15) is 0 Å². The SMILES string of the molecule is Cc1ccc(-c2nc(N(c3ccccc3)c3ccccc3)sc2CC(=O)O)cc1. The Labute approximate surface area is 173 Å². The van der Waals surface area contributed by atoms with Crippen molar-refractivity contribution in [1.29, 1.82) is 0 Å². The first-order valence-corrected chi connectivity index (χ1v) is 10.1. The van der Waals surface area contributed by atoms with Crippen molar-refractivity contribution in [1.82, 2.24) is 4.98 Å². The van der Waals surface area contributed by atoms with Crippen LogP contribution in [0.2, 0.25) is 0 Å². The number of anilines is 3. The summed E-state index contributed by atoms with van der Waals surface area (Å²) in [6.07, 6.45) is -0.0572. The summed E-state index contributed by atoms with van der Waals surface area (Å²) in [5.41, 5.74) is 4.76. The average Bonchev–Trinajstić information content (AvgIpc) is 3.13. The lowest BCUT2D eigenvalue weighted by Gasteiger charge is -2.22. The van der Waals surface area contributed by atoms with Gasteiger partial charge in [-0.15, -0.1) is 0 Å². The fourth-order valence-electron chi connectivity index (χ4n) is 3.15. The van der Waals surface area contributed by atoms with Gasteiger partial charge >= 0.3 is 5.97 Å². The third-order valence-electron chi connectivity index (χ3n) is 4.54. The predicted octanol–water partition coefficient (Wildman–Crippen LogP) is 6.22. The molecule has 3 aromatic carbocycles. The number of hydrogen-bond donors (Lipinski definition) is 1. The smallest absolute Gasteiger partial charge is 0.308 e. The molecule has 0 amide bonds. The zero-order valence-corrected chi connectivity index (χ0v) is 16.8. The van der Waals surface area contributed by atoms with Crippen LogP contribution in [0.1, 0.15) is 10.4 Å². The Kier molecular flexibility index (Phi) is 5.40. The first kappa shape index (κ1) is 18.9. The van der Waals surface area contributed by atoms with Crippen LogP contribution in [0.15, 0.2) is 84.9 Å². The highest BCUT2D eigenvalue weighted by atomic mass is 32.1. The molecule has 1 aromatic heterocycles. The van der Waals surface area contributed by atoms with E-state index in [-0.39, 0.29) is 6.42 Å². The van der Waals surface area contributed by atoms with Crippen molar-refractivity contribution in [3.05, 3.63) is 95.4 Å². The first-order chi connectivity index (χ1) is 14.1. The normalized spacial score (nSPS) is 10.7. The van der Waals surface area contributed by atoms with Gasteiger partial charge in [0.15, 0.2) is 5.13 Å². The van der Waals surface area contributed by atoms with Gasteiger partial charge in [0.25, 0.3) is 0 Å². The summed E-state index contributed by atoms with van der Waals surface area (Å²) in [7, 11) is 0. The molecular formula is C24H20N2O2S. The van der Waals surface area contributed by atoms with E-state index >= 15 is 0 Å². The zero-order valence-electron chi connectivity index (χ0n) is 15.9. The van der Waals surface area contributed by atoms with Crippen molar-refractivity contribution in [3.8, 4) is 11.3 Å². The number of rotatable bonds is 6. The van der Waals surface area contributed by atoms with Gasteiger partial charge in [-0.2, -0.15) is 0 Å². The maximum atomic E-state index is 11.5. The minimum Gasteiger partial charge on any atom is -0.481 e. The average molecular weight is 401 g/mol. The van der Waals surface area contributed by atoms with Crippen molar-refractivity contribution in [2.45, 2.75) is 13.3 Å². The molecular weight excluding hydrogens is 380 g/mol. The van der Waals surface area contributed by atoms with Crippen LogP contribution in [0.4, 0.5) is 16.5 Å². The molecule has 5 heteroatoms. The fourth-order valence-corrected chi connectivity index (χ4v) is 4.27. The van der Waals surface area contributed by atoms with E-state index in [0.717, 1.165) is 38.2 Å². The number of carboxylic acid groups (broad SMARTS) is 1. The molecule has 0 radical (unpaired) electrons.